The largest absolute Gasteiger partial charge is 0.259 e. The smallest absolute Gasteiger partial charge is 0.120 e. The zero-order valence-corrected chi connectivity index (χ0v) is 19.3. The summed E-state index contributed by atoms with van der Waals surface area (Å²) in [6, 6.07) is 13.4. The molecule has 1 unspecified atom stereocenters. The van der Waals surface area contributed by atoms with E-state index < -0.39 is 0 Å². The molecule has 0 amide bonds. The van der Waals surface area contributed by atoms with Crippen molar-refractivity contribution >= 4 is 12.1 Å². The molecule has 1 atom stereocenters. The van der Waals surface area contributed by atoms with Crippen molar-refractivity contribution in [2.45, 2.75) is 85.1 Å². The highest BCUT2D eigenvalue weighted by Gasteiger charge is 2.31. The van der Waals surface area contributed by atoms with Gasteiger partial charge in [-0.05, 0) is 51.5 Å². The SMILES string of the molecule is CC(C)c1cccc(C(C)C)c1C1=NC=NC1c1c(C(C)C)cccc1C(C)C. The Bertz CT molecular complexity index is 877. The minimum absolute atomic E-state index is 0.0246. The molecule has 0 radical (unpaired) electrons. The fourth-order valence-corrected chi connectivity index (χ4v) is 4.49. The van der Waals surface area contributed by atoms with E-state index in [0.717, 1.165) is 5.71 Å². The maximum Gasteiger partial charge on any atom is 0.120 e. The molecule has 1 aliphatic rings. The third-order valence-electron chi connectivity index (χ3n) is 5.99. The molecule has 1 aliphatic heterocycles. The minimum Gasteiger partial charge on any atom is -0.259 e. The molecule has 0 bridgehead atoms. The van der Waals surface area contributed by atoms with Gasteiger partial charge in [-0.25, -0.2) is 4.99 Å². The first-order valence-electron chi connectivity index (χ1n) is 11.1. The van der Waals surface area contributed by atoms with Crippen LogP contribution in [0.1, 0.15) is 118 Å². The molecule has 0 fully saturated rings. The number of aliphatic imine (C=N–C) groups is 2. The lowest BCUT2D eigenvalue weighted by molar-refractivity contribution is 0.778. The van der Waals surface area contributed by atoms with Crippen molar-refractivity contribution in [2.75, 3.05) is 0 Å². The highest BCUT2D eigenvalue weighted by Crippen LogP contribution is 2.40. The summed E-state index contributed by atoms with van der Waals surface area (Å²) in [5, 5.41) is 0. The Labute approximate surface area is 177 Å². The van der Waals surface area contributed by atoms with Crippen LogP contribution >= 0.6 is 0 Å². The van der Waals surface area contributed by atoms with E-state index in [1.165, 1.54) is 33.4 Å². The summed E-state index contributed by atoms with van der Waals surface area (Å²) in [6.07, 6.45) is 1.78. The van der Waals surface area contributed by atoms with E-state index >= 15 is 0 Å². The van der Waals surface area contributed by atoms with E-state index in [1.54, 1.807) is 6.34 Å². The van der Waals surface area contributed by atoms with Crippen molar-refractivity contribution < 1.29 is 0 Å². The normalized spacial score (nSPS) is 16.6. The van der Waals surface area contributed by atoms with Crippen molar-refractivity contribution in [2.24, 2.45) is 9.98 Å². The molecule has 0 N–H and O–H groups in total. The monoisotopic (exact) mass is 388 g/mol. The topological polar surface area (TPSA) is 24.7 Å². The molecule has 154 valence electrons. The summed E-state index contributed by atoms with van der Waals surface area (Å²) in [5.74, 6) is 1.78. The summed E-state index contributed by atoms with van der Waals surface area (Å²) >= 11 is 0. The highest BCUT2D eigenvalue weighted by atomic mass is 15.0. The molecule has 2 aromatic carbocycles. The van der Waals surface area contributed by atoms with Crippen LogP contribution in [0.4, 0.5) is 0 Å². The zero-order valence-electron chi connectivity index (χ0n) is 19.3. The summed E-state index contributed by atoms with van der Waals surface area (Å²) in [5.41, 5.74) is 9.32. The zero-order chi connectivity index (χ0) is 21.3. The number of hydrogen-bond acceptors (Lipinski definition) is 2. The lowest BCUT2D eigenvalue weighted by atomic mass is 9.79. The van der Waals surface area contributed by atoms with Crippen molar-refractivity contribution in [1.29, 1.82) is 0 Å². The first-order valence-corrected chi connectivity index (χ1v) is 11.1. The molecule has 3 rings (SSSR count). The predicted molar refractivity (Wildman–Crippen MR) is 127 cm³/mol. The number of benzene rings is 2. The molecule has 0 saturated heterocycles. The summed E-state index contributed by atoms with van der Waals surface area (Å²) < 4.78 is 0. The Balaban J connectivity index is 2.26. The summed E-state index contributed by atoms with van der Waals surface area (Å²) in [4.78, 5) is 9.80. The Hall–Kier alpha value is -2.22. The van der Waals surface area contributed by atoms with Gasteiger partial charge in [-0.15, -0.1) is 0 Å². The van der Waals surface area contributed by atoms with Crippen molar-refractivity contribution in [1.82, 2.24) is 0 Å². The van der Waals surface area contributed by atoms with Gasteiger partial charge in [-0.1, -0.05) is 91.8 Å². The van der Waals surface area contributed by atoms with Crippen molar-refractivity contribution in [3.63, 3.8) is 0 Å². The molecule has 2 aromatic rings. The second-order valence-electron chi connectivity index (χ2n) is 9.46. The standard InChI is InChI=1S/C27H36N2/c1-16(2)20-11-9-12-21(17(3)4)24(20)26-27(29-15-28-26)25-22(18(5)6)13-10-14-23(25)19(7)8/h9-19,26H,1-8H3. The van der Waals surface area contributed by atoms with Crippen LogP contribution in [0.5, 0.6) is 0 Å². The predicted octanol–water partition coefficient (Wildman–Crippen LogP) is 7.75. The van der Waals surface area contributed by atoms with Crippen LogP contribution in [0.15, 0.2) is 46.4 Å². The second-order valence-corrected chi connectivity index (χ2v) is 9.46. The molecule has 0 saturated carbocycles. The van der Waals surface area contributed by atoms with Gasteiger partial charge < -0.3 is 0 Å². The molecular formula is C27H36N2. The Morgan fingerprint density at radius 1 is 0.621 bits per heavy atom. The van der Waals surface area contributed by atoms with Gasteiger partial charge in [0.15, 0.2) is 0 Å². The lowest BCUT2D eigenvalue weighted by Gasteiger charge is -2.27. The first-order chi connectivity index (χ1) is 13.7. The summed E-state index contributed by atoms with van der Waals surface area (Å²) in [7, 11) is 0. The van der Waals surface area contributed by atoms with Crippen LogP contribution in [-0.2, 0) is 0 Å². The second kappa shape index (κ2) is 8.65. The van der Waals surface area contributed by atoms with Crippen LogP contribution in [0.3, 0.4) is 0 Å². The quantitative estimate of drug-likeness (QED) is 0.483. The van der Waals surface area contributed by atoms with E-state index in [1.807, 2.05) is 0 Å². The van der Waals surface area contributed by atoms with Crippen molar-refractivity contribution in [3.05, 3.63) is 69.8 Å². The van der Waals surface area contributed by atoms with Gasteiger partial charge in [0.1, 0.15) is 12.4 Å². The minimum atomic E-state index is -0.0246. The Kier molecular flexibility index (Phi) is 6.41. The van der Waals surface area contributed by atoms with E-state index in [9.17, 15) is 0 Å². The third kappa shape index (κ3) is 4.08. The Morgan fingerprint density at radius 2 is 1.03 bits per heavy atom. The van der Waals surface area contributed by atoms with E-state index in [0.29, 0.717) is 23.7 Å². The van der Waals surface area contributed by atoms with Crippen LogP contribution in [0.25, 0.3) is 0 Å². The van der Waals surface area contributed by atoms with Gasteiger partial charge in [-0.2, -0.15) is 0 Å². The van der Waals surface area contributed by atoms with E-state index in [2.05, 4.69) is 91.8 Å². The third-order valence-corrected chi connectivity index (χ3v) is 5.99. The lowest BCUT2D eigenvalue weighted by Crippen LogP contribution is -2.19. The van der Waals surface area contributed by atoms with Crippen LogP contribution < -0.4 is 0 Å². The average molecular weight is 389 g/mol. The maximum absolute atomic E-state index is 4.92. The van der Waals surface area contributed by atoms with Gasteiger partial charge in [0.25, 0.3) is 0 Å². The molecule has 1 heterocycles. The van der Waals surface area contributed by atoms with Gasteiger partial charge >= 0.3 is 0 Å². The van der Waals surface area contributed by atoms with E-state index in [-0.39, 0.29) is 6.04 Å². The van der Waals surface area contributed by atoms with Gasteiger partial charge in [0.05, 0.1) is 5.71 Å². The molecule has 0 aliphatic carbocycles. The molecule has 0 aromatic heterocycles. The molecule has 0 spiro atoms. The molecule has 29 heavy (non-hydrogen) atoms. The maximum atomic E-state index is 4.92. The molecular weight excluding hydrogens is 352 g/mol. The van der Waals surface area contributed by atoms with Crippen LogP contribution in [0, 0.1) is 0 Å². The number of nitrogens with zero attached hydrogens (tertiary/aromatic N) is 2. The number of rotatable bonds is 6. The first kappa shape index (κ1) is 21.5. The fourth-order valence-electron chi connectivity index (χ4n) is 4.49. The number of hydrogen-bond donors (Lipinski definition) is 0. The molecule has 2 heteroatoms. The van der Waals surface area contributed by atoms with Crippen molar-refractivity contribution in [3.8, 4) is 0 Å². The van der Waals surface area contributed by atoms with Gasteiger partial charge in [-0.3, -0.25) is 4.99 Å². The van der Waals surface area contributed by atoms with Crippen LogP contribution in [0.2, 0.25) is 0 Å². The molecule has 2 nitrogen and oxygen atoms in total. The fraction of sp³-hybridized carbons (Fsp3) is 0.481. The van der Waals surface area contributed by atoms with Crippen LogP contribution in [-0.4, -0.2) is 12.1 Å². The summed E-state index contributed by atoms with van der Waals surface area (Å²) in [6.45, 7) is 18.2. The highest BCUT2D eigenvalue weighted by molar-refractivity contribution is 6.13. The van der Waals surface area contributed by atoms with E-state index in [4.69, 9.17) is 9.98 Å². The average Bonchev–Trinajstić information content (AvgIpc) is 3.15. The van der Waals surface area contributed by atoms with Gasteiger partial charge in [0.2, 0.25) is 0 Å². The van der Waals surface area contributed by atoms with Gasteiger partial charge in [0, 0.05) is 5.56 Å². The Morgan fingerprint density at radius 3 is 1.45 bits per heavy atom.